The van der Waals surface area contributed by atoms with Gasteiger partial charge < -0.3 is 0 Å². The maximum atomic E-state index is 4.39. The van der Waals surface area contributed by atoms with Gasteiger partial charge in [0.05, 0.1) is 11.0 Å². The van der Waals surface area contributed by atoms with E-state index in [2.05, 4.69) is 29.0 Å². The molecule has 1 aromatic carbocycles. The number of hydrogen-bond acceptors (Lipinski definition) is 2. The zero-order valence-electron chi connectivity index (χ0n) is 11.0. The summed E-state index contributed by atoms with van der Waals surface area (Å²) in [6, 6.07) is 12.1. The van der Waals surface area contributed by atoms with Crippen LogP contribution in [0.4, 0.5) is 0 Å². The molecule has 0 aliphatic rings. The van der Waals surface area contributed by atoms with E-state index in [0.717, 1.165) is 22.4 Å². The van der Waals surface area contributed by atoms with Gasteiger partial charge in [-0.15, -0.1) is 0 Å². The van der Waals surface area contributed by atoms with Crippen molar-refractivity contribution in [3.8, 4) is 5.82 Å². The van der Waals surface area contributed by atoms with Crippen molar-refractivity contribution in [3.63, 3.8) is 0 Å². The molecule has 3 heteroatoms. The summed E-state index contributed by atoms with van der Waals surface area (Å²) in [6.45, 7) is 6.05. The van der Waals surface area contributed by atoms with Crippen LogP contribution >= 0.6 is 0 Å². The molecule has 0 spiro atoms. The van der Waals surface area contributed by atoms with Gasteiger partial charge in [-0.05, 0) is 30.7 Å². The highest BCUT2D eigenvalue weighted by Gasteiger charge is 2.06. The smallest absolute Gasteiger partial charge is 0.141 e. The van der Waals surface area contributed by atoms with E-state index in [1.54, 1.807) is 6.20 Å². The fourth-order valence-corrected chi connectivity index (χ4v) is 1.86. The molecule has 0 aliphatic carbocycles. The van der Waals surface area contributed by atoms with Crippen molar-refractivity contribution in [2.45, 2.75) is 20.8 Å². The van der Waals surface area contributed by atoms with Gasteiger partial charge in [0.15, 0.2) is 0 Å². The van der Waals surface area contributed by atoms with E-state index in [-0.39, 0.29) is 0 Å². The van der Waals surface area contributed by atoms with Crippen LogP contribution in [0.5, 0.6) is 0 Å². The molecule has 18 heavy (non-hydrogen) atoms. The summed E-state index contributed by atoms with van der Waals surface area (Å²) in [7, 11) is 0. The highest BCUT2D eigenvalue weighted by molar-refractivity contribution is 5.76. The third kappa shape index (κ3) is 2.12. The lowest BCUT2D eigenvalue weighted by molar-refractivity contribution is 1.00. The van der Waals surface area contributed by atoms with Crippen LogP contribution in [0.3, 0.4) is 0 Å². The van der Waals surface area contributed by atoms with Gasteiger partial charge in [-0.3, -0.25) is 4.57 Å². The molecule has 0 saturated carbocycles. The summed E-state index contributed by atoms with van der Waals surface area (Å²) in [5.74, 6) is 0.941. The van der Waals surface area contributed by atoms with Crippen LogP contribution in [0.1, 0.15) is 19.4 Å². The van der Waals surface area contributed by atoms with E-state index < -0.39 is 0 Å². The Hall–Kier alpha value is -2.16. The number of aromatic nitrogens is 3. The first-order valence-corrected chi connectivity index (χ1v) is 6.20. The van der Waals surface area contributed by atoms with E-state index >= 15 is 0 Å². The van der Waals surface area contributed by atoms with E-state index in [4.69, 9.17) is 0 Å². The molecule has 0 aliphatic heterocycles. The van der Waals surface area contributed by atoms with Crippen molar-refractivity contribution in [3.05, 3.63) is 54.5 Å². The summed E-state index contributed by atoms with van der Waals surface area (Å²) < 4.78 is 2.02. The molecule has 3 aromatic rings. The van der Waals surface area contributed by atoms with Crippen molar-refractivity contribution in [2.75, 3.05) is 0 Å². The maximum Gasteiger partial charge on any atom is 0.141 e. The molecular weight excluding hydrogens is 222 g/mol. The number of benzene rings is 1. The topological polar surface area (TPSA) is 30.7 Å². The number of para-hydroxylation sites is 2. The van der Waals surface area contributed by atoms with E-state index in [1.165, 1.54) is 0 Å². The minimum Gasteiger partial charge on any atom is -0.283 e. The zero-order valence-corrected chi connectivity index (χ0v) is 11.0. The predicted octanol–water partition coefficient (Wildman–Crippen LogP) is 3.76. The molecule has 2 aromatic heterocycles. The first kappa shape index (κ1) is 12.3. The molecule has 2 heterocycles. The average molecular weight is 239 g/mol. The van der Waals surface area contributed by atoms with Crippen LogP contribution in [-0.2, 0) is 0 Å². The quantitative estimate of drug-likeness (QED) is 0.647. The van der Waals surface area contributed by atoms with Crippen molar-refractivity contribution >= 4 is 11.0 Å². The molecule has 92 valence electrons. The Labute approximate surface area is 107 Å². The molecule has 0 unspecified atom stereocenters. The number of aryl methyl sites for hydroxylation is 1. The number of fused-ring (bicyclic) bond motifs is 1. The van der Waals surface area contributed by atoms with Crippen LogP contribution in [0, 0.1) is 6.92 Å². The summed E-state index contributed by atoms with van der Waals surface area (Å²) in [5, 5.41) is 0. The SMILES string of the molecule is CC.Cc1cccnc1-n1cnc2ccccc21. The van der Waals surface area contributed by atoms with Crippen LogP contribution < -0.4 is 0 Å². The number of hydrogen-bond donors (Lipinski definition) is 0. The summed E-state index contributed by atoms with van der Waals surface area (Å²) in [6.07, 6.45) is 3.62. The highest BCUT2D eigenvalue weighted by Crippen LogP contribution is 2.18. The molecule has 0 N–H and O–H groups in total. The van der Waals surface area contributed by atoms with E-state index in [1.807, 2.05) is 49.0 Å². The molecule has 3 nitrogen and oxygen atoms in total. The molecule has 0 bridgehead atoms. The van der Waals surface area contributed by atoms with Crippen LogP contribution in [-0.4, -0.2) is 14.5 Å². The largest absolute Gasteiger partial charge is 0.283 e. The Morgan fingerprint density at radius 2 is 1.72 bits per heavy atom. The van der Waals surface area contributed by atoms with Crippen molar-refractivity contribution in [1.82, 2.24) is 14.5 Å². The lowest BCUT2D eigenvalue weighted by Gasteiger charge is -2.05. The monoisotopic (exact) mass is 239 g/mol. The van der Waals surface area contributed by atoms with Crippen molar-refractivity contribution in [2.24, 2.45) is 0 Å². The normalized spacial score (nSPS) is 9.94. The van der Waals surface area contributed by atoms with Crippen molar-refractivity contribution in [1.29, 1.82) is 0 Å². The first-order valence-electron chi connectivity index (χ1n) is 6.20. The second-order valence-corrected chi connectivity index (χ2v) is 3.75. The van der Waals surface area contributed by atoms with Crippen LogP contribution in [0.15, 0.2) is 48.9 Å². The third-order valence-corrected chi connectivity index (χ3v) is 2.66. The third-order valence-electron chi connectivity index (χ3n) is 2.66. The number of nitrogens with zero attached hydrogens (tertiary/aromatic N) is 3. The summed E-state index contributed by atoms with van der Waals surface area (Å²) in [4.78, 5) is 8.75. The lowest BCUT2D eigenvalue weighted by Crippen LogP contribution is -1.97. The van der Waals surface area contributed by atoms with E-state index in [9.17, 15) is 0 Å². The van der Waals surface area contributed by atoms with Crippen molar-refractivity contribution < 1.29 is 0 Å². The molecule has 0 amide bonds. The first-order chi connectivity index (χ1) is 8.86. The minimum atomic E-state index is 0.941. The average Bonchev–Trinajstić information content (AvgIpc) is 2.85. The standard InChI is InChI=1S/C13H11N3.C2H6/c1-10-5-4-8-14-13(10)16-9-15-11-6-2-3-7-12(11)16;1-2/h2-9H,1H3;1-2H3. The second kappa shape index (κ2) is 5.45. The number of imidazole rings is 1. The fourth-order valence-electron chi connectivity index (χ4n) is 1.86. The second-order valence-electron chi connectivity index (χ2n) is 3.75. The molecule has 0 radical (unpaired) electrons. The van der Waals surface area contributed by atoms with E-state index in [0.29, 0.717) is 0 Å². The number of rotatable bonds is 1. The van der Waals surface area contributed by atoms with Gasteiger partial charge in [0.2, 0.25) is 0 Å². The highest BCUT2D eigenvalue weighted by atomic mass is 15.1. The Bertz CT molecular complexity index is 641. The molecule has 3 rings (SSSR count). The predicted molar refractivity (Wildman–Crippen MR) is 75.0 cm³/mol. The Morgan fingerprint density at radius 3 is 2.50 bits per heavy atom. The van der Waals surface area contributed by atoms with Gasteiger partial charge >= 0.3 is 0 Å². The van der Waals surface area contributed by atoms with Crippen LogP contribution in [0.2, 0.25) is 0 Å². The molecule has 0 fully saturated rings. The zero-order chi connectivity index (χ0) is 13.0. The van der Waals surface area contributed by atoms with Gasteiger partial charge in [-0.25, -0.2) is 9.97 Å². The molecular formula is C15H17N3. The van der Waals surface area contributed by atoms with Crippen LogP contribution in [0.25, 0.3) is 16.9 Å². The minimum absolute atomic E-state index is 0.941. The van der Waals surface area contributed by atoms with Gasteiger partial charge in [0.25, 0.3) is 0 Å². The molecule has 0 saturated heterocycles. The Kier molecular flexibility index (Phi) is 3.72. The van der Waals surface area contributed by atoms with Gasteiger partial charge in [-0.1, -0.05) is 32.0 Å². The van der Waals surface area contributed by atoms with Gasteiger partial charge in [0.1, 0.15) is 12.1 Å². The Morgan fingerprint density at radius 1 is 0.944 bits per heavy atom. The molecule has 0 atom stereocenters. The fraction of sp³-hybridized carbons (Fsp3) is 0.200. The van der Waals surface area contributed by atoms with Gasteiger partial charge in [0, 0.05) is 6.20 Å². The maximum absolute atomic E-state index is 4.39. The number of pyridine rings is 1. The lowest BCUT2D eigenvalue weighted by atomic mass is 10.2. The van der Waals surface area contributed by atoms with Gasteiger partial charge in [-0.2, -0.15) is 0 Å². The summed E-state index contributed by atoms with van der Waals surface area (Å²) >= 11 is 0. The summed E-state index contributed by atoms with van der Waals surface area (Å²) in [5.41, 5.74) is 3.22. The Balaban J connectivity index is 0.000000574.